The molecule has 134 heavy (non-hydrogen) atoms. The van der Waals surface area contributed by atoms with E-state index >= 15 is 0 Å². The van der Waals surface area contributed by atoms with Crippen LogP contribution < -0.4 is 16.2 Å². The number of furan rings is 5. The number of aromatic hydroxyl groups is 2. The number of aromatic nitrogens is 4. The zero-order chi connectivity index (χ0) is 91.0. The smallest absolute Gasteiger partial charge is 0.227 e. The predicted molar refractivity (Wildman–Crippen MR) is 552 cm³/mol. The Kier molecular flexibility index (Phi) is 22.8. The highest BCUT2D eigenvalue weighted by Gasteiger charge is 2.20. The van der Waals surface area contributed by atoms with Crippen molar-refractivity contribution in [1.29, 1.82) is 0 Å². The number of anilines is 2. The molecular weight excluding hydrogens is 1870 g/mol. The number of nitrogens with one attached hydrogen (secondary N) is 1. The van der Waals surface area contributed by atoms with Crippen LogP contribution in [0.3, 0.4) is 0 Å². The molecule has 648 valence electrons. The van der Waals surface area contributed by atoms with E-state index in [2.05, 4.69) is 195 Å². The van der Waals surface area contributed by atoms with E-state index in [0.29, 0.717) is 51.3 Å². The Bertz CT molecular complexity index is 9100. The van der Waals surface area contributed by atoms with Crippen LogP contribution in [0.5, 0.6) is 17.2 Å². The van der Waals surface area contributed by atoms with Crippen LogP contribution in [0.1, 0.15) is 15.9 Å². The van der Waals surface area contributed by atoms with Gasteiger partial charge in [0.15, 0.2) is 11.2 Å². The number of para-hydroxylation sites is 9. The molecule has 0 aliphatic rings. The molecule has 0 saturated carbocycles. The van der Waals surface area contributed by atoms with Crippen molar-refractivity contribution in [2.75, 3.05) is 18.6 Å². The van der Waals surface area contributed by atoms with Crippen molar-refractivity contribution in [2.45, 2.75) is 0 Å². The number of oxazole rings is 2. The molecule has 0 unspecified atom stereocenters. The molecule has 27 aromatic rings. The number of fused-ring (bicyclic) bond motifs is 23. The van der Waals surface area contributed by atoms with E-state index in [1.54, 1.807) is 55.8 Å². The fourth-order valence-electron chi connectivity index (χ4n) is 16.8. The number of nitrogens with two attached hydrogens (primary N) is 2. The van der Waals surface area contributed by atoms with E-state index in [-0.39, 0.29) is 11.5 Å². The van der Waals surface area contributed by atoms with Gasteiger partial charge in [-0.15, -0.1) is 0 Å². The molecule has 21 heteroatoms. The number of nitrogen functional groups attached to an aromatic ring is 2. The number of methoxy groups -OCH3 is 1. The van der Waals surface area contributed by atoms with Gasteiger partial charge in [0, 0.05) is 159 Å². The topological polar surface area (TPSA) is 270 Å². The van der Waals surface area contributed by atoms with Crippen LogP contribution in [0.4, 0.5) is 17.1 Å². The van der Waals surface area contributed by atoms with Crippen LogP contribution >= 0.6 is 47.8 Å². The van der Waals surface area contributed by atoms with Gasteiger partial charge >= 0.3 is 0 Å². The maximum Gasteiger partial charge on any atom is 0.227 e. The second-order valence-electron chi connectivity index (χ2n) is 31.6. The van der Waals surface area contributed by atoms with Crippen LogP contribution in [0.15, 0.2) is 425 Å². The summed E-state index contributed by atoms with van der Waals surface area (Å²) >= 11 is 10.1. The van der Waals surface area contributed by atoms with Gasteiger partial charge in [-0.25, -0.2) is 9.97 Å². The van der Waals surface area contributed by atoms with Gasteiger partial charge in [-0.1, -0.05) is 248 Å². The first-order valence-electron chi connectivity index (χ1n) is 42.7. The summed E-state index contributed by atoms with van der Waals surface area (Å²) in [7, 11) is 1.61. The fourth-order valence-corrected chi connectivity index (χ4v) is 18.1. The Labute approximate surface area is 787 Å². The number of ether oxygens (including phenoxy) is 1. The minimum Gasteiger partial charge on any atom is -0.506 e. The molecule has 0 aliphatic carbocycles. The van der Waals surface area contributed by atoms with Crippen molar-refractivity contribution in [2.24, 2.45) is 4.99 Å². The lowest BCUT2D eigenvalue weighted by atomic mass is 10.1. The number of carbonyl (C=O) groups is 1. The number of phenolic OH excluding ortho intramolecular Hbond substituents is 2. The Morgan fingerprint density at radius 1 is 0.328 bits per heavy atom. The summed E-state index contributed by atoms with van der Waals surface area (Å²) in [4.78, 5) is 27.3. The number of aromatic amines is 1. The molecule has 0 fully saturated rings. The third-order valence-corrected chi connectivity index (χ3v) is 24.6. The molecule has 0 spiro atoms. The summed E-state index contributed by atoms with van der Waals surface area (Å²) < 4.78 is 51.7. The van der Waals surface area contributed by atoms with E-state index in [9.17, 15) is 15.0 Å². The molecule has 18 nitrogen and oxygen atoms in total. The molecule has 7 N–H and O–H groups in total. The Balaban J connectivity index is 0.0000000975. The van der Waals surface area contributed by atoms with Gasteiger partial charge in [-0.05, 0) is 151 Å². The molecule has 27 rings (SSSR count). The van der Waals surface area contributed by atoms with Crippen LogP contribution in [0.25, 0.3) is 204 Å². The number of benzene rings is 18. The summed E-state index contributed by atoms with van der Waals surface area (Å²) in [6.07, 6.45) is 2.54. The number of rotatable bonds is 7. The molecule has 0 saturated heterocycles. The lowest BCUT2D eigenvalue weighted by Gasteiger charge is -2.08. The molecular formula is C113H74Br3N7O11. The van der Waals surface area contributed by atoms with Gasteiger partial charge in [0.2, 0.25) is 11.8 Å². The van der Waals surface area contributed by atoms with Crippen molar-refractivity contribution < 1.29 is 50.7 Å². The summed E-state index contributed by atoms with van der Waals surface area (Å²) in [5.74, 6) is 2.11. The second kappa shape index (κ2) is 36.3. The van der Waals surface area contributed by atoms with Crippen molar-refractivity contribution in [3.8, 4) is 45.8 Å². The van der Waals surface area contributed by atoms with Crippen molar-refractivity contribution >= 4 is 253 Å². The fraction of sp³-hybridized carbons (Fsp3) is 0.00885. The number of hydrogen-bond acceptors (Lipinski definition) is 16. The van der Waals surface area contributed by atoms with Gasteiger partial charge in [-0.3, -0.25) is 9.79 Å². The van der Waals surface area contributed by atoms with E-state index in [1.807, 2.05) is 206 Å². The van der Waals surface area contributed by atoms with Crippen LogP contribution in [0, 0.1) is 0 Å². The van der Waals surface area contributed by atoms with Crippen LogP contribution in [-0.2, 0) is 0 Å². The summed E-state index contributed by atoms with van der Waals surface area (Å²) in [6, 6.07) is 123. The maximum absolute atomic E-state index is 10.3. The van der Waals surface area contributed by atoms with E-state index in [0.717, 1.165) is 163 Å². The number of hydrogen-bond donors (Lipinski definition) is 5. The maximum atomic E-state index is 10.3. The Morgan fingerprint density at radius 3 is 1.16 bits per heavy atom. The summed E-state index contributed by atoms with van der Waals surface area (Å²) in [5.41, 5.74) is 33.4. The predicted octanol–water partition coefficient (Wildman–Crippen LogP) is 32.1. The molecule has 18 aromatic carbocycles. The van der Waals surface area contributed by atoms with Crippen molar-refractivity contribution in [3.05, 3.63) is 401 Å². The minimum absolute atomic E-state index is 0.0917. The van der Waals surface area contributed by atoms with E-state index < -0.39 is 0 Å². The van der Waals surface area contributed by atoms with Gasteiger partial charge in [0.05, 0.1) is 29.5 Å². The van der Waals surface area contributed by atoms with Crippen LogP contribution in [-0.4, -0.2) is 49.3 Å². The van der Waals surface area contributed by atoms with E-state index in [1.165, 1.54) is 43.6 Å². The molecule has 0 bridgehead atoms. The molecule has 9 heterocycles. The lowest BCUT2D eigenvalue weighted by Crippen LogP contribution is -1.94. The Hall–Kier alpha value is -16.7. The standard InChI is InChI=1S/C31H18N2O2.C19H10BrNO2.C19H12BrNO2.C13H11NO2.C12H9NO2.C12H9N.C7H5BrO/c1-4-13-26-21(10-1)22-11-2-5-14-27(22)33(26)20-9-7-8-19(16-20)31-32-25-18-29-24(17-30(25)35-31)23-12-3-6-15-28(23)34-29;20-12-5-3-4-11(8-12)19-21-15-10-17-14(9-18(15)23-19)13-6-1-2-7-16(13)22-17;20-13-5-3-4-12(8-13)11-21-16-10-19-15(9-17(16)22)14-6-1-2-7-18(14)23-19;1-15-13-6-9-8-4-2-3-5-11(8)16-12(9)7-10(13)14;13-9-6-12-8(5-10(9)14)7-3-1-2-4-11(7)15-12;1-3-7-11-9(5-1)10-6-2-4-8-12(10)13-11;8-7-3-1-2-6(4-7)5-9/h1-18H;1-10H;1-11,22H;2-7H,14H2,1H3;1-6,14H,13H2;1-8,13H;1-5H. The zero-order valence-electron chi connectivity index (χ0n) is 71.1. The van der Waals surface area contributed by atoms with Crippen molar-refractivity contribution in [1.82, 2.24) is 19.5 Å². The summed E-state index contributed by atoms with van der Waals surface area (Å²) in [6.45, 7) is 0. The average molecular weight is 1950 g/mol. The first-order valence-corrected chi connectivity index (χ1v) is 45.1. The highest BCUT2D eigenvalue weighted by Crippen LogP contribution is 2.43. The van der Waals surface area contributed by atoms with E-state index in [4.69, 9.17) is 52.1 Å². The number of halogens is 3. The van der Waals surface area contributed by atoms with Gasteiger partial charge in [-0.2, -0.15) is 0 Å². The molecule has 0 atom stereocenters. The van der Waals surface area contributed by atoms with Crippen LogP contribution in [0.2, 0.25) is 0 Å². The number of nitrogens with zero attached hydrogens (tertiary/aromatic N) is 4. The number of H-pyrrole nitrogens is 1. The number of aldehydes is 1. The lowest BCUT2D eigenvalue weighted by molar-refractivity contribution is 0.112. The SMILES string of the molecule is Brc1cccc(-c2nc3cc4oc5ccccc5c4cc3o2)c1.COc1cc2c(cc1N)oc1ccccc12.Nc1cc2oc3ccccc3c2cc1O.O=Cc1cccc(Br)c1.Oc1cc2c(cc1N=Cc1cccc(Br)c1)oc1ccccc12.c1cc(-c2nc3cc4oc5ccccc5c4cc3o2)cc(-n2c3ccccc3c3ccccc32)c1.c1ccc2c(c1)[nH]c1ccccc12. The number of aliphatic imine (C=N–C) groups is 1. The highest BCUT2D eigenvalue weighted by atomic mass is 79.9. The third kappa shape index (κ3) is 16.8. The molecule has 0 aliphatic heterocycles. The van der Waals surface area contributed by atoms with Gasteiger partial charge < -0.3 is 66.9 Å². The number of phenols is 2. The second-order valence-corrected chi connectivity index (χ2v) is 34.4. The molecule has 0 amide bonds. The largest absolute Gasteiger partial charge is 0.506 e. The zero-order valence-corrected chi connectivity index (χ0v) is 75.9. The Morgan fingerprint density at radius 2 is 0.701 bits per heavy atom. The van der Waals surface area contributed by atoms with Gasteiger partial charge in [0.25, 0.3) is 0 Å². The van der Waals surface area contributed by atoms with Crippen molar-refractivity contribution in [3.63, 3.8) is 0 Å². The molecule has 0 radical (unpaired) electrons. The molecule has 9 aromatic heterocycles. The first kappa shape index (κ1) is 84.1. The summed E-state index contributed by atoms with van der Waals surface area (Å²) in [5, 5.41) is 35.0. The first-order chi connectivity index (χ1) is 65.6. The average Bonchev–Trinajstić information content (AvgIpc) is 1.59. The minimum atomic E-state index is 0.0917. The van der Waals surface area contributed by atoms with Gasteiger partial charge in [0.1, 0.15) is 96.1 Å². The normalized spacial score (nSPS) is 11.4. The third-order valence-electron chi connectivity index (χ3n) is 23.1. The quantitative estimate of drug-likeness (QED) is 0.0430. The monoisotopic (exact) mass is 1940 g/mol. The number of carbonyl (C=O) groups excluding carboxylic acids is 1. The highest BCUT2D eigenvalue weighted by molar-refractivity contribution is 9.11.